The molecule has 0 nitrogen and oxygen atoms in total. The third-order valence-electron chi connectivity index (χ3n) is 4.63. The van der Waals surface area contributed by atoms with Gasteiger partial charge in [0.15, 0.2) is 0 Å². The predicted octanol–water partition coefficient (Wildman–Crippen LogP) is 4.29. The summed E-state index contributed by atoms with van der Waals surface area (Å²) in [6.45, 7) is 3.71. The summed E-state index contributed by atoms with van der Waals surface area (Å²) < 4.78 is 0. The van der Waals surface area contributed by atoms with Crippen molar-refractivity contribution in [3.05, 3.63) is 104 Å². The molecule has 0 atom stereocenters. The summed E-state index contributed by atoms with van der Waals surface area (Å²) in [6, 6.07) is 32.9. The third kappa shape index (κ3) is 3.74. The van der Waals surface area contributed by atoms with Gasteiger partial charge >= 0.3 is 151 Å². The molecule has 0 saturated heterocycles. The van der Waals surface area contributed by atoms with E-state index in [0.717, 1.165) is 12.6 Å². The minimum absolute atomic E-state index is 0.872. The Morgan fingerprint density at radius 1 is 0.680 bits per heavy atom. The molecule has 25 heavy (non-hydrogen) atoms. The quantitative estimate of drug-likeness (QED) is 0.479. The van der Waals surface area contributed by atoms with Crippen LogP contribution in [0.1, 0.15) is 6.42 Å². The normalized spacial score (nSPS) is 11.2. The molecule has 0 spiro atoms. The number of allylic oxidation sites excluding steroid dienone is 1. The van der Waals surface area contributed by atoms with Crippen molar-refractivity contribution in [1.82, 2.24) is 0 Å². The van der Waals surface area contributed by atoms with Gasteiger partial charge in [-0.3, -0.25) is 0 Å². The minimum atomic E-state index is -2.11. The summed E-state index contributed by atoms with van der Waals surface area (Å²) in [5.74, 6) is 6.28. The van der Waals surface area contributed by atoms with Crippen molar-refractivity contribution in [2.24, 2.45) is 0 Å². The van der Waals surface area contributed by atoms with Crippen LogP contribution in [0.4, 0.5) is 0 Å². The number of hydrogen-bond donors (Lipinski definition) is 0. The van der Waals surface area contributed by atoms with Gasteiger partial charge in [-0.05, 0) is 0 Å². The zero-order valence-electron chi connectivity index (χ0n) is 14.4. The van der Waals surface area contributed by atoms with E-state index in [1.807, 2.05) is 0 Å². The molecule has 3 aromatic carbocycles. The van der Waals surface area contributed by atoms with Crippen LogP contribution < -0.4 is 15.9 Å². The third-order valence-corrected chi connectivity index (χ3v) is 9.59. The Bertz CT molecular complexity index is 759. The Balaban J connectivity index is 2.21. The summed E-state index contributed by atoms with van der Waals surface area (Å²) >= 11 is 0. The van der Waals surface area contributed by atoms with Crippen molar-refractivity contribution in [1.29, 1.82) is 0 Å². The molecule has 0 fully saturated rings. The zero-order valence-corrected chi connectivity index (χ0v) is 15.4. The average Bonchev–Trinajstić information content (AvgIpc) is 2.70. The summed E-state index contributed by atoms with van der Waals surface area (Å²) in [7, 11) is -2.11. The van der Waals surface area contributed by atoms with Crippen LogP contribution >= 0.6 is 7.26 Å². The van der Waals surface area contributed by atoms with E-state index in [9.17, 15) is 0 Å². The van der Waals surface area contributed by atoms with Crippen LogP contribution in [0.3, 0.4) is 0 Å². The van der Waals surface area contributed by atoms with Gasteiger partial charge in [-0.25, -0.2) is 0 Å². The van der Waals surface area contributed by atoms with Crippen LogP contribution in [0.25, 0.3) is 0 Å². The number of rotatable bonds is 5. The topological polar surface area (TPSA) is 0 Å². The maximum absolute atomic E-state index is 3.71. The van der Waals surface area contributed by atoms with Gasteiger partial charge in [0.25, 0.3) is 0 Å². The fourth-order valence-electron chi connectivity index (χ4n) is 3.50. The van der Waals surface area contributed by atoms with Crippen LogP contribution in [0.15, 0.2) is 104 Å². The van der Waals surface area contributed by atoms with Gasteiger partial charge in [-0.15, -0.1) is 0 Å². The molecule has 0 radical (unpaired) electrons. The number of hydrogen-bond acceptors (Lipinski definition) is 0. The maximum atomic E-state index is 3.71. The van der Waals surface area contributed by atoms with Gasteiger partial charge in [-0.2, -0.15) is 0 Å². The van der Waals surface area contributed by atoms with E-state index < -0.39 is 7.26 Å². The standard InChI is InChI=1S/C24H23P/c1-2-3-4-14-21-25(22-15-8-5-9-16-22,23-17-10-6-11-18-23)24-19-12-7-13-20-24/h2,5-13,15-20,25H,1,14,21H2. The molecule has 0 unspecified atom stereocenters. The van der Waals surface area contributed by atoms with E-state index >= 15 is 0 Å². The van der Waals surface area contributed by atoms with E-state index in [-0.39, 0.29) is 0 Å². The van der Waals surface area contributed by atoms with E-state index in [2.05, 4.69) is 109 Å². The van der Waals surface area contributed by atoms with Gasteiger partial charge in [0.05, 0.1) is 0 Å². The second kappa shape index (κ2) is 8.48. The molecular formula is C24H23P. The van der Waals surface area contributed by atoms with Gasteiger partial charge in [-0.1, -0.05) is 0 Å². The van der Waals surface area contributed by atoms with Crippen molar-refractivity contribution >= 4 is 23.2 Å². The van der Waals surface area contributed by atoms with Crippen LogP contribution in [0, 0.1) is 11.8 Å². The molecule has 0 aliphatic rings. The Morgan fingerprint density at radius 3 is 1.44 bits per heavy atom. The molecular weight excluding hydrogens is 319 g/mol. The van der Waals surface area contributed by atoms with Gasteiger partial charge in [0, 0.05) is 0 Å². The molecule has 124 valence electrons. The van der Waals surface area contributed by atoms with Crippen molar-refractivity contribution in [2.75, 3.05) is 6.16 Å². The van der Waals surface area contributed by atoms with Crippen molar-refractivity contribution < 1.29 is 0 Å². The molecule has 0 N–H and O–H groups in total. The first-order chi connectivity index (χ1) is 12.4. The fraction of sp³-hybridized carbons (Fsp3) is 0.0833. The monoisotopic (exact) mass is 342 g/mol. The SMILES string of the molecule is C=CC#CCC[PH](c1ccccc1)(c1ccccc1)c1ccccc1. The van der Waals surface area contributed by atoms with E-state index in [1.54, 1.807) is 6.08 Å². The summed E-state index contributed by atoms with van der Waals surface area (Å²) in [4.78, 5) is 0. The van der Waals surface area contributed by atoms with Gasteiger partial charge in [0.2, 0.25) is 0 Å². The molecule has 3 rings (SSSR count). The van der Waals surface area contributed by atoms with E-state index in [4.69, 9.17) is 0 Å². The van der Waals surface area contributed by atoms with Crippen LogP contribution in [0.2, 0.25) is 0 Å². The average molecular weight is 342 g/mol. The first kappa shape index (κ1) is 17.2. The summed E-state index contributed by atoms with van der Waals surface area (Å²) in [6.07, 6.45) is 3.61. The van der Waals surface area contributed by atoms with E-state index in [1.165, 1.54) is 15.9 Å². The molecule has 0 aliphatic heterocycles. The molecule has 0 aromatic heterocycles. The van der Waals surface area contributed by atoms with Crippen molar-refractivity contribution in [3.63, 3.8) is 0 Å². The molecule has 0 bridgehead atoms. The Morgan fingerprint density at radius 2 is 1.08 bits per heavy atom. The molecule has 0 amide bonds. The van der Waals surface area contributed by atoms with Crippen LogP contribution in [0.5, 0.6) is 0 Å². The fourth-order valence-corrected chi connectivity index (χ4v) is 8.15. The summed E-state index contributed by atoms with van der Waals surface area (Å²) in [5.41, 5.74) is 0. The van der Waals surface area contributed by atoms with E-state index in [0.29, 0.717) is 0 Å². The Labute approximate surface area is 151 Å². The molecule has 0 saturated carbocycles. The molecule has 1 heteroatoms. The van der Waals surface area contributed by atoms with Crippen LogP contribution in [-0.2, 0) is 0 Å². The van der Waals surface area contributed by atoms with Crippen molar-refractivity contribution in [2.45, 2.75) is 6.42 Å². The van der Waals surface area contributed by atoms with Crippen molar-refractivity contribution in [3.8, 4) is 11.8 Å². The Kier molecular flexibility index (Phi) is 5.84. The second-order valence-electron chi connectivity index (χ2n) is 6.03. The zero-order chi connectivity index (χ0) is 17.4. The summed E-state index contributed by atoms with van der Waals surface area (Å²) in [5, 5.41) is 4.31. The second-order valence-corrected chi connectivity index (χ2v) is 10.1. The van der Waals surface area contributed by atoms with Gasteiger partial charge in [0.1, 0.15) is 0 Å². The van der Waals surface area contributed by atoms with Gasteiger partial charge < -0.3 is 0 Å². The molecule has 3 aromatic rings. The number of benzene rings is 3. The predicted molar refractivity (Wildman–Crippen MR) is 114 cm³/mol. The Hall–Kier alpha value is -2.61. The van der Waals surface area contributed by atoms with Crippen LogP contribution in [-0.4, -0.2) is 6.16 Å². The first-order valence-corrected chi connectivity index (χ1v) is 10.8. The molecule has 0 aliphatic carbocycles. The first-order valence-electron chi connectivity index (χ1n) is 8.64. The molecule has 0 heterocycles.